The number of hydrogen-bond acceptors (Lipinski definition) is 2. The standard InChI is InChI=1S/C13H18.C12H13N.C12H16.C11H13NO.C11H13N.CH4/c1-10(2)12-8-7-11-5-3-4-6-13(11)9-12;1-9(2)10-5-6-12-11(8-10)4-3-7-13-12;1-9(2)11-7-6-10-4-3-5-12(10)8-11;1-7(2)8-3-4-9-6-11(13)12-10(9)5-8;1-8(2)9-3-4-11-10(7-9)5-6-12-11;/h3-6,10,12H,7-9H2,1-2H3;3-9H,1-2H3;6-9H,3-5H2,1-2H3;3-5,7H,6H2,1-2H3,(H,12,13);3-8,12H,1-2H3;1H4. The smallest absolute Gasteiger partial charge is 0.228 e. The van der Waals surface area contributed by atoms with Gasteiger partial charge in [-0.2, -0.15) is 0 Å². The Kier molecular flexibility index (Phi) is 18.1. The van der Waals surface area contributed by atoms with Gasteiger partial charge in [-0.25, -0.2) is 0 Å². The summed E-state index contributed by atoms with van der Waals surface area (Å²) in [6.07, 6.45) is 12.3. The number of pyridine rings is 1. The van der Waals surface area contributed by atoms with Crippen molar-refractivity contribution in [1.29, 1.82) is 0 Å². The van der Waals surface area contributed by atoms with E-state index < -0.39 is 0 Å². The minimum absolute atomic E-state index is 0. The number of aromatic nitrogens is 2. The molecule has 338 valence electrons. The van der Waals surface area contributed by atoms with Crippen molar-refractivity contribution in [3.63, 3.8) is 0 Å². The van der Waals surface area contributed by atoms with Crippen LogP contribution in [0.1, 0.15) is 163 Å². The molecule has 2 aromatic heterocycles. The predicted octanol–water partition coefficient (Wildman–Crippen LogP) is 16.3. The van der Waals surface area contributed by atoms with Crippen LogP contribution in [0.5, 0.6) is 0 Å². The summed E-state index contributed by atoms with van der Waals surface area (Å²) in [7, 11) is 0. The zero-order chi connectivity index (χ0) is 45.0. The SMILES string of the molecule is C.CC(C)C1CCc2ccccc2C1.CC(C)c1ccc2[nH]ccc2c1.CC(C)c1ccc2c(c1)CCC2.CC(C)c1ccc2c(c1)NC(=O)C2.CC(C)c1ccc2ncccc2c1. The first-order valence-corrected chi connectivity index (χ1v) is 23.8. The van der Waals surface area contributed by atoms with Crippen molar-refractivity contribution in [1.82, 2.24) is 9.97 Å². The molecule has 1 unspecified atom stereocenters. The lowest BCUT2D eigenvalue weighted by Gasteiger charge is -2.27. The zero-order valence-electron chi connectivity index (χ0n) is 39.9. The molecule has 5 aromatic carbocycles. The number of nitrogens with one attached hydrogen (secondary N) is 2. The molecule has 0 saturated heterocycles. The number of fused-ring (bicyclic) bond motifs is 5. The Morgan fingerprint density at radius 1 is 0.547 bits per heavy atom. The van der Waals surface area contributed by atoms with Gasteiger partial charge in [0.2, 0.25) is 5.91 Å². The molecular weight excluding hydrogens is 779 g/mol. The largest absolute Gasteiger partial charge is 0.361 e. The summed E-state index contributed by atoms with van der Waals surface area (Å²) in [4.78, 5) is 18.5. The number of aromatic amines is 1. The first-order valence-electron chi connectivity index (χ1n) is 23.8. The van der Waals surface area contributed by atoms with Crippen molar-refractivity contribution in [3.8, 4) is 0 Å². The van der Waals surface area contributed by atoms with Crippen LogP contribution in [0.25, 0.3) is 21.8 Å². The Bertz CT molecular complexity index is 2550. The second kappa shape index (κ2) is 23.4. The van der Waals surface area contributed by atoms with E-state index in [-0.39, 0.29) is 13.3 Å². The second-order valence-electron chi connectivity index (χ2n) is 19.4. The van der Waals surface area contributed by atoms with E-state index in [1.165, 1.54) is 77.1 Å². The number of nitrogens with zero attached hydrogens (tertiary/aromatic N) is 1. The van der Waals surface area contributed by atoms with Crippen LogP contribution in [0, 0.1) is 11.8 Å². The summed E-state index contributed by atoms with van der Waals surface area (Å²) < 4.78 is 0. The molecule has 2 aliphatic carbocycles. The summed E-state index contributed by atoms with van der Waals surface area (Å²) in [6, 6.07) is 41.4. The van der Waals surface area contributed by atoms with Crippen LogP contribution in [-0.2, 0) is 36.9 Å². The molecule has 4 heteroatoms. The second-order valence-corrected chi connectivity index (χ2v) is 19.4. The van der Waals surface area contributed by atoms with Gasteiger partial charge in [-0.1, -0.05) is 149 Å². The van der Waals surface area contributed by atoms with E-state index >= 15 is 0 Å². The lowest BCUT2D eigenvalue weighted by atomic mass is 9.78. The van der Waals surface area contributed by atoms with Gasteiger partial charge in [-0.05, 0) is 172 Å². The molecule has 0 radical (unpaired) electrons. The summed E-state index contributed by atoms with van der Waals surface area (Å²) in [5.74, 6) is 4.26. The molecule has 0 bridgehead atoms. The minimum atomic E-state index is 0. The fourth-order valence-corrected chi connectivity index (χ4v) is 8.72. The molecule has 1 amide bonds. The molecule has 1 aliphatic heterocycles. The van der Waals surface area contributed by atoms with Gasteiger partial charge in [0.25, 0.3) is 0 Å². The third kappa shape index (κ3) is 13.5. The van der Waals surface area contributed by atoms with Gasteiger partial charge in [0.05, 0.1) is 11.9 Å². The Labute approximate surface area is 386 Å². The molecule has 0 spiro atoms. The van der Waals surface area contributed by atoms with Gasteiger partial charge in [-0.3, -0.25) is 9.78 Å². The number of aryl methyl sites for hydroxylation is 3. The van der Waals surface area contributed by atoms with Gasteiger partial charge in [0.1, 0.15) is 0 Å². The van der Waals surface area contributed by atoms with E-state index in [0.717, 1.165) is 28.6 Å². The first-order chi connectivity index (χ1) is 30.2. The molecule has 0 fully saturated rings. The molecule has 3 heterocycles. The molecular formula is C60H77N3O. The summed E-state index contributed by atoms with van der Waals surface area (Å²) in [5, 5.41) is 5.39. The molecule has 10 rings (SSSR count). The fraction of sp³-hybridized carbons (Fsp3) is 0.400. The highest BCUT2D eigenvalue weighted by atomic mass is 16.1. The number of carbonyl (C=O) groups is 1. The molecule has 64 heavy (non-hydrogen) atoms. The third-order valence-corrected chi connectivity index (χ3v) is 13.1. The predicted molar refractivity (Wildman–Crippen MR) is 277 cm³/mol. The van der Waals surface area contributed by atoms with Crippen LogP contribution >= 0.6 is 0 Å². The monoisotopic (exact) mass is 856 g/mol. The average molecular weight is 856 g/mol. The fourth-order valence-electron chi connectivity index (χ4n) is 8.72. The molecule has 7 aromatic rings. The first kappa shape index (κ1) is 49.5. The lowest BCUT2D eigenvalue weighted by Crippen LogP contribution is -2.18. The van der Waals surface area contributed by atoms with E-state index in [2.05, 4.69) is 188 Å². The highest BCUT2D eigenvalue weighted by Gasteiger charge is 2.20. The Morgan fingerprint density at radius 3 is 1.81 bits per heavy atom. The number of benzene rings is 5. The van der Waals surface area contributed by atoms with E-state index in [0.29, 0.717) is 30.1 Å². The highest BCUT2D eigenvalue weighted by molar-refractivity contribution is 5.99. The number of amides is 1. The molecule has 2 N–H and O–H groups in total. The van der Waals surface area contributed by atoms with Crippen molar-refractivity contribution in [2.24, 2.45) is 11.8 Å². The van der Waals surface area contributed by atoms with Gasteiger partial charge in [0, 0.05) is 29.0 Å². The van der Waals surface area contributed by atoms with Crippen molar-refractivity contribution in [3.05, 3.63) is 178 Å². The Hall–Kier alpha value is -5.48. The van der Waals surface area contributed by atoms with Crippen LogP contribution in [0.4, 0.5) is 5.69 Å². The third-order valence-electron chi connectivity index (χ3n) is 13.1. The van der Waals surface area contributed by atoms with Gasteiger partial charge in [0.15, 0.2) is 0 Å². The van der Waals surface area contributed by atoms with E-state index in [9.17, 15) is 4.79 Å². The quantitative estimate of drug-likeness (QED) is 0.181. The average Bonchev–Trinajstić information content (AvgIpc) is 4.05. The molecule has 3 aliphatic rings. The van der Waals surface area contributed by atoms with Gasteiger partial charge in [-0.15, -0.1) is 0 Å². The topological polar surface area (TPSA) is 57.8 Å². The van der Waals surface area contributed by atoms with Gasteiger partial charge >= 0.3 is 0 Å². The van der Waals surface area contributed by atoms with E-state index in [4.69, 9.17) is 0 Å². The number of H-pyrrole nitrogens is 1. The van der Waals surface area contributed by atoms with E-state index in [1.807, 2.05) is 24.5 Å². The lowest BCUT2D eigenvalue weighted by molar-refractivity contribution is -0.115. The number of rotatable bonds is 5. The van der Waals surface area contributed by atoms with Gasteiger partial charge < -0.3 is 10.3 Å². The van der Waals surface area contributed by atoms with E-state index in [1.54, 1.807) is 22.3 Å². The number of carbonyl (C=O) groups excluding carboxylic acids is 1. The maximum atomic E-state index is 11.1. The number of hydrogen-bond donors (Lipinski definition) is 2. The summed E-state index contributed by atoms with van der Waals surface area (Å²) >= 11 is 0. The summed E-state index contributed by atoms with van der Waals surface area (Å²) in [5.41, 5.74) is 16.3. The maximum Gasteiger partial charge on any atom is 0.228 e. The number of anilines is 1. The van der Waals surface area contributed by atoms with Crippen LogP contribution < -0.4 is 5.32 Å². The molecule has 4 nitrogen and oxygen atoms in total. The Morgan fingerprint density at radius 2 is 1.12 bits per heavy atom. The minimum Gasteiger partial charge on any atom is -0.361 e. The highest BCUT2D eigenvalue weighted by Crippen LogP contribution is 2.31. The molecule has 0 saturated carbocycles. The van der Waals surface area contributed by atoms with Crippen molar-refractivity contribution in [2.75, 3.05) is 5.32 Å². The normalized spacial score (nSPS) is 14.5. The summed E-state index contributed by atoms with van der Waals surface area (Å²) in [6.45, 7) is 22.4. The molecule has 1 atom stereocenters. The van der Waals surface area contributed by atoms with Crippen molar-refractivity contribution >= 4 is 33.4 Å². The van der Waals surface area contributed by atoms with Crippen LogP contribution in [0.3, 0.4) is 0 Å². The van der Waals surface area contributed by atoms with Crippen molar-refractivity contribution < 1.29 is 4.79 Å². The van der Waals surface area contributed by atoms with Crippen LogP contribution in [0.2, 0.25) is 0 Å². The van der Waals surface area contributed by atoms with Crippen molar-refractivity contribution in [2.45, 2.75) is 145 Å². The zero-order valence-corrected chi connectivity index (χ0v) is 39.9. The van der Waals surface area contributed by atoms with Crippen LogP contribution in [-0.4, -0.2) is 15.9 Å². The Balaban J connectivity index is 0.000000150. The van der Waals surface area contributed by atoms with Crippen LogP contribution in [0.15, 0.2) is 128 Å². The maximum absolute atomic E-state index is 11.1.